The van der Waals surface area contributed by atoms with E-state index in [4.69, 9.17) is 10.7 Å². The summed E-state index contributed by atoms with van der Waals surface area (Å²) in [5, 5.41) is 10.8. The molecule has 2 fully saturated rings. The molecule has 0 amide bonds. The number of aliphatic imine (C=N–C) groups is 2. The zero-order valence-corrected chi connectivity index (χ0v) is 14.3. The topological polar surface area (TPSA) is 94.7 Å². The first-order valence-electron chi connectivity index (χ1n) is 9.12. The van der Waals surface area contributed by atoms with Crippen LogP contribution in [-0.2, 0) is 0 Å². The predicted octanol–water partition coefficient (Wildman–Crippen LogP) is 2.06. The summed E-state index contributed by atoms with van der Waals surface area (Å²) in [7, 11) is 2.10. The lowest BCUT2D eigenvalue weighted by atomic mass is 9.91. The molecule has 1 aromatic rings. The highest BCUT2D eigenvalue weighted by Crippen LogP contribution is 2.39. The lowest BCUT2D eigenvalue weighted by Crippen LogP contribution is -2.42. The van der Waals surface area contributed by atoms with Gasteiger partial charge in [-0.05, 0) is 38.5 Å². The molecule has 0 radical (unpaired) electrons. The molecular formula is C17H27N7. The molecule has 3 aliphatic rings. The maximum Gasteiger partial charge on any atom is 0.222 e. The van der Waals surface area contributed by atoms with E-state index in [1.165, 1.54) is 18.5 Å². The molecule has 2 aliphatic carbocycles. The lowest BCUT2D eigenvalue weighted by molar-refractivity contribution is 0.259. The number of nitrogens with zero attached hydrogens (tertiary/aromatic N) is 4. The van der Waals surface area contributed by atoms with E-state index in [1.807, 2.05) is 0 Å². The van der Waals surface area contributed by atoms with Crippen LogP contribution in [0.1, 0.15) is 56.6 Å². The normalized spacial score (nSPS) is 27.4. The third kappa shape index (κ3) is 3.45. The molecule has 4 rings (SSSR count). The number of aromatic nitrogens is 2. The minimum absolute atomic E-state index is 0.365. The third-order valence-corrected chi connectivity index (χ3v) is 5.33. The summed E-state index contributed by atoms with van der Waals surface area (Å²) in [5.74, 6) is 3.33. The number of rotatable bonds is 3. The number of anilines is 1. The van der Waals surface area contributed by atoms with E-state index in [-0.39, 0.29) is 0 Å². The summed E-state index contributed by atoms with van der Waals surface area (Å²) in [6, 6.07) is 2.97. The Morgan fingerprint density at radius 3 is 2.75 bits per heavy atom. The highest BCUT2D eigenvalue weighted by molar-refractivity contribution is 6.04. The van der Waals surface area contributed by atoms with E-state index >= 15 is 0 Å². The van der Waals surface area contributed by atoms with Gasteiger partial charge in [0.15, 0.2) is 5.82 Å². The standard InChI is InChI=1S/C17H27N7/c1-24(13-6-4-12(18)5-7-13)17-19-9-8-15(21-17)20-16-10-14(22-23-16)11-2-3-11/h10-13H,2-9,18H2,1H3,(H2,19,20,21,22,23). The highest BCUT2D eigenvalue weighted by atomic mass is 15.3. The van der Waals surface area contributed by atoms with E-state index in [0.29, 0.717) is 18.0 Å². The second kappa shape index (κ2) is 6.55. The number of nitrogens with one attached hydrogen (secondary N) is 2. The second-order valence-electron chi connectivity index (χ2n) is 7.28. The summed E-state index contributed by atoms with van der Waals surface area (Å²) in [6.45, 7) is 0.775. The van der Waals surface area contributed by atoms with Crippen molar-refractivity contribution in [3.63, 3.8) is 0 Å². The summed E-state index contributed by atoms with van der Waals surface area (Å²) < 4.78 is 0. The van der Waals surface area contributed by atoms with Gasteiger partial charge >= 0.3 is 0 Å². The van der Waals surface area contributed by atoms with Gasteiger partial charge in [0.1, 0.15) is 5.84 Å². The average Bonchev–Trinajstić information content (AvgIpc) is 3.35. The number of amidine groups is 1. The zero-order chi connectivity index (χ0) is 16.5. The van der Waals surface area contributed by atoms with Crippen molar-refractivity contribution < 1.29 is 0 Å². The SMILES string of the molecule is CN(C1=NCCC(Nc2cc(C3CC3)[nH]n2)=N1)C1CCC(N)CC1. The molecule has 1 aromatic heterocycles. The zero-order valence-electron chi connectivity index (χ0n) is 14.3. The maximum atomic E-state index is 6.01. The third-order valence-electron chi connectivity index (χ3n) is 5.33. The van der Waals surface area contributed by atoms with Gasteiger partial charge in [-0.25, -0.2) is 4.99 Å². The molecule has 0 aromatic carbocycles. The Morgan fingerprint density at radius 1 is 1.21 bits per heavy atom. The smallest absolute Gasteiger partial charge is 0.222 e. The number of H-pyrrole nitrogens is 1. The van der Waals surface area contributed by atoms with Crippen molar-refractivity contribution in [1.29, 1.82) is 0 Å². The fraction of sp³-hybridized carbons (Fsp3) is 0.706. The van der Waals surface area contributed by atoms with Gasteiger partial charge in [0, 0.05) is 49.8 Å². The van der Waals surface area contributed by atoms with Gasteiger partial charge in [-0.15, -0.1) is 0 Å². The molecule has 4 N–H and O–H groups in total. The van der Waals surface area contributed by atoms with E-state index in [1.54, 1.807) is 0 Å². The van der Waals surface area contributed by atoms with Crippen LogP contribution in [0, 0.1) is 0 Å². The van der Waals surface area contributed by atoms with Crippen LogP contribution >= 0.6 is 0 Å². The van der Waals surface area contributed by atoms with Crippen LogP contribution in [0.3, 0.4) is 0 Å². The predicted molar refractivity (Wildman–Crippen MR) is 96.5 cm³/mol. The molecule has 2 saturated carbocycles. The number of nitrogens with two attached hydrogens (primary N) is 1. The molecule has 2 heterocycles. The molecule has 7 heteroatoms. The van der Waals surface area contributed by atoms with Gasteiger partial charge in [-0.1, -0.05) is 0 Å². The molecule has 0 saturated heterocycles. The van der Waals surface area contributed by atoms with Crippen LogP contribution < -0.4 is 11.1 Å². The van der Waals surface area contributed by atoms with Gasteiger partial charge in [-0.3, -0.25) is 10.1 Å². The summed E-state index contributed by atoms with van der Waals surface area (Å²) in [4.78, 5) is 11.6. The van der Waals surface area contributed by atoms with Gasteiger partial charge in [0.25, 0.3) is 0 Å². The van der Waals surface area contributed by atoms with Gasteiger partial charge < -0.3 is 16.0 Å². The van der Waals surface area contributed by atoms with Gasteiger partial charge in [0.2, 0.25) is 5.96 Å². The van der Waals surface area contributed by atoms with Crippen LogP contribution in [0.15, 0.2) is 16.1 Å². The first-order chi connectivity index (χ1) is 11.7. The molecular weight excluding hydrogens is 302 g/mol. The number of guanidine groups is 1. The quantitative estimate of drug-likeness (QED) is 0.791. The monoisotopic (exact) mass is 329 g/mol. The fourth-order valence-corrected chi connectivity index (χ4v) is 3.56. The molecule has 1 aliphatic heterocycles. The number of aromatic amines is 1. The minimum Gasteiger partial charge on any atom is -0.341 e. The highest BCUT2D eigenvalue weighted by Gasteiger charge is 2.27. The lowest BCUT2D eigenvalue weighted by Gasteiger charge is -2.34. The van der Waals surface area contributed by atoms with Crippen LogP contribution in [0.25, 0.3) is 0 Å². The van der Waals surface area contributed by atoms with Crippen molar-refractivity contribution in [2.24, 2.45) is 15.7 Å². The van der Waals surface area contributed by atoms with Crippen LogP contribution in [0.5, 0.6) is 0 Å². The molecule has 7 nitrogen and oxygen atoms in total. The van der Waals surface area contributed by atoms with Crippen LogP contribution in [0.4, 0.5) is 5.82 Å². The Morgan fingerprint density at radius 2 is 2.00 bits per heavy atom. The van der Waals surface area contributed by atoms with Crippen molar-refractivity contribution >= 4 is 17.6 Å². The van der Waals surface area contributed by atoms with E-state index in [9.17, 15) is 0 Å². The summed E-state index contributed by atoms with van der Waals surface area (Å²) in [5.41, 5.74) is 7.25. The average molecular weight is 329 g/mol. The minimum atomic E-state index is 0.365. The Labute approximate surface area is 142 Å². The Kier molecular flexibility index (Phi) is 4.26. The van der Waals surface area contributed by atoms with Crippen molar-refractivity contribution in [3.8, 4) is 0 Å². The number of hydrogen-bond donors (Lipinski definition) is 3. The second-order valence-corrected chi connectivity index (χ2v) is 7.28. The first kappa shape index (κ1) is 15.6. The van der Waals surface area contributed by atoms with Crippen molar-refractivity contribution in [2.75, 3.05) is 18.9 Å². The van der Waals surface area contributed by atoms with E-state index in [2.05, 4.69) is 38.5 Å². The molecule has 0 atom stereocenters. The molecule has 0 unspecified atom stereocenters. The molecule has 130 valence electrons. The number of hydrogen-bond acceptors (Lipinski definition) is 6. The van der Waals surface area contributed by atoms with E-state index in [0.717, 1.165) is 56.3 Å². The Balaban J connectivity index is 1.40. The molecule has 0 bridgehead atoms. The summed E-state index contributed by atoms with van der Waals surface area (Å²) in [6.07, 6.45) is 7.81. The first-order valence-corrected chi connectivity index (χ1v) is 9.12. The van der Waals surface area contributed by atoms with Crippen molar-refractivity contribution in [3.05, 3.63) is 11.8 Å². The summed E-state index contributed by atoms with van der Waals surface area (Å²) >= 11 is 0. The van der Waals surface area contributed by atoms with Crippen molar-refractivity contribution in [1.82, 2.24) is 15.1 Å². The molecule has 0 spiro atoms. The Hall–Kier alpha value is -1.89. The molecule has 24 heavy (non-hydrogen) atoms. The fourth-order valence-electron chi connectivity index (χ4n) is 3.56. The Bertz CT molecular complexity index is 635. The van der Waals surface area contributed by atoms with Gasteiger partial charge in [0.05, 0.1) is 0 Å². The van der Waals surface area contributed by atoms with Crippen LogP contribution in [0.2, 0.25) is 0 Å². The maximum absolute atomic E-state index is 6.01. The van der Waals surface area contributed by atoms with Crippen LogP contribution in [-0.4, -0.2) is 52.6 Å². The largest absolute Gasteiger partial charge is 0.341 e. The van der Waals surface area contributed by atoms with Crippen molar-refractivity contribution in [2.45, 2.75) is 62.9 Å². The van der Waals surface area contributed by atoms with E-state index < -0.39 is 0 Å². The van der Waals surface area contributed by atoms with Gasteiger partial charge in [-0.2, -0.15) is 5.10 Å².